The molecule has 3 rings (SSSR count). The Morgan fingerprint density at radius 2 is 1.44 bits per heavy atom. The van der Waals surface area contributed by atoms with Gasteiger partial charge in [0.05, 0.1) is 12.2 Å². The van der Waals surface area contributed by atoms with Crippen molar-refractivity contribution in [1.82, 2.24) is 0 Å². The molecule has 0 radical (unpaired) electrons. The second-order valence-corrected chi connectivity index (χ2v) is 16.3. The van der Waals surface area contributed by atoms with E-state index in [1.54, 1.807) is 24.3 Å². The summed E-state index contributed by atoms with van der Waals surface area (Å²) in [5, 5.41) is 8.79. The van der Waals surface area contributed by atoms with Gasteiger partial charge in [-0.05, 0) is 72.2 Å². The Bertz CT molecular complexity index is 1010. The Labute approximate surface area is 219 Å². The summed E-state index contributed by atoms with van der Waals surface area (Å²) in [7, 11) is -1.03. The molecule has 0 amide bonds. The minimum absolute atomic E-state index is 0.291. The topological polar surface area (TPSA) is 46.5 Å². The van der Waals surface area contributed by atoms with Crippen LogP contribution in [-0.2, 0) is 6.42 Å². The maximum atomic E-state index is 10.7. The van der Waals surface area contributed by atoms with Gasteiger partial charge in [0, 0.05) is 8.07 Å². The van der Waals surface area contributed by atoms with E-state index in [9.17, 15) is 4.79 Å². The van der Waals surface area contributed by atoms with Gasteiger partial charge in [0.15, 0.2) is 0 Å². The van der Waals surface area contributed by atoms with Crippen molar-refractivity contribution in [2.45, 2.75) is 77.6 Å². The molecule has 1 unspecified atom stereocenters. The van der Waals surface area contributed by atoms with E-state index >= 15 is 0 Å². The van der Waals surface area contributed by atoms with Gasteiger partial charge >= 0.3 is 5.97 Å². The van der Waals surface area contributed by atoms with Gasteiger partial charge in [-0.25, -0.2) is 4.79 Å². The van der Waals surface area contributed by atoms with Crippen molar-refractivity contribution in [3.63, 3.8) is 0 Å². The van der Waals surface area contributed by atoms with Gasteiger partial charge in [0.2, 0.25) is 0 Å². The van der Waals surface area contributed by atoms with E-state index < -0.39 is 14.0 Å². The predicted molar refractivity (Wildman–Crippen MR) is 156 cm³/mol. The molecule has 3 nitrogen and oxygen atoms in total. The Morgan fingerprint density at radius 1 is 0.833 bits per heavy atom. The molecule has 0 aliphatic carbocycles. The first-order valence-corrected chi connectivity index (χ1v) is 16.9. The Balaban J connectivity index is 0.000000255. The molecule has 0 aliphatic heterocycles. The van der Waals surface area contributed by atoms with E-state index in [2.05, 4.69) is 88.1 Å². The number of carboxylic acids is 1. The number of carbonyl (C=O) groups is 1. The summed E-state index contributed by atoms with van der Waals surface area (Å²) in [5.74, 6) is -0.166. The molecule has 3 aromatic rings. The minimum atomic E-state index is -1.03. The van der Waals surface area contributed by atoms with Crippen LogP contribution in [0.1, 0.15) is 61.9 Å². The van der Waals surface area contributed by atoms with Gasteiger partial charge in [0.25, 0.3) is 0 Å². The highest BCUT2D eigenvalue weighted by molar-refractivity contribution is 6.77. The van der Waals surface area contributed by atoms with Crippen LogP contribution in [-0.4, -0.2) is 25.8 Å². The summed E-state index contributed by atoms with van der Waals surface area (Å²) in [6.07, 6.45) is 7.39. The molecule has 1 N–H and O–H groups in total. The molecule has 0 fully saturated rings. The molecule has 3 aromatic carbocycles. The van der Waals surface area contributed by atoms with Crippen LogP contribution in [0.5, 0.6) is 5.75 Å². The SMILES string of the molecule is CC(CCCOc1ccc(C(=O)O)cc1)[Si](C)(C)C.CCCCCc1ccc(-c2ccccc2)cc1. The summed E-state index contributed by atoms with van der Waals surface area (Å²) >= 11 is 0. The third-order valence-electron chi connectivity index (χ3n) is 6.76. The van der Waals surface area contributed by atoms with Crippen molar-refractivity contribution in [2.75, 3.05) is 6.61 Å². The zero-order valence-corrected chi connectivity index (χ0v) is 23.8. The number of unbranched alkanes of at least 4 members (excludes halogenated alkanes) is 2. The number of rotatable bonds is 12. The number of hydrogen-bond acceptors (Lipinski definition) is 2. The van der Waals surface area contributed by atoms with Crippen LogP contribution < -0.4 is 4.74 Å². The van der Waals surface area contributed by atoms with Crippen molar-refractivity contribution >= 4 is 14.0 Å². The number of hydrogen-bond donors (Lipinski definition) is 1. The summed E-state index contributed by atoms with van der Waals surface area (Å²) in [6, 6.07) is 26.1. The lowest BCUT2D eigenvalue weighted by Gasteiger charge is -2.24. The van der Waals surface area contributed by atoms with Crippen LogP contribution in [0.3, 0.4) is 0 Å². The first kappa shape index (κ1) is 29.4. The van der Waals surface area contributed by atoms with Crippen molar-refractivity contribution in [3.8, 4) is 16.9 Å². The zero-order valence-electron chi connectivity index (χ0n) is 22.8. The van der Waals surface area contributed by atoms with Crippen molar-refractivity contribution in [3.05, 3.63) is 90.0 Å². The van der Waals surface area contributed by atoms with E-state index in [4.69, 9.17) is 9.84 Å². The van der Waals surface area contributed by atoms with Gasteiger partial charge in [-0.2, -0.15) is 0 Å². The average molecular weight is 505 g/mol. The molecule has 0 aromatic heterocycles. The number of aryl methyl sites for hydroxylation is 1. The molecule has 0 spiro atoms. The summed E-state index contributed by atoms with van der Waals surface area (Å²) < 4.78 is 5.63. The summed E-state index contributed by atoms with van der Waals surface area (Å²) in [4.78, 5) is 10.7. The van der Waals surface area contributed by atoms with Crippen LogP contribution in [0.2, 0.25) is 25.2 Å². The minimum Gasteiger partial charge on any atom is -0.494 e. The fourth-order valence-electron chi connectivity index (χ4n) is 3.78. The fourth-order valence-corrected chi connectivity index (χ4v) is 4.85. The Morgan fingerprint density at radius 3 is 2.00 bits per heavy atom. The largest absolute Gasteiger partial charge is 0.494 e. The van der Waals surface area contributed by atoms with Crippen LogP contribution >= 0.6 is 0 Å². The Hall–Kier alpha value is -2.85. The van der Waals surface area contributed by atoms with Gasteiger partial charge in [-0.3, -0.25) is 0 Å². The number of ether oxygens (including phenoxy) is 1. The van der Waals surface area contributed by atoms with Crippen LogP contribution in [0, 0.1) is 0 Å². The highest BCUT2D eigenvalue weighted by Crippen LogP contribution is 2.26. The van der Waals surface area contributed by atoms with Crippen LogP contribution in [0.4, 0.5) is 0 Å². The first-order valence-electron chi connectivity index (χ1n) is 13.3. The quantitative estimate of drug-likeness (QED) is 0.197. The van der Waals surface area contributed by atoms with Gasteiger partial charge in [-0.1, -0.05) is 101 Å². The lowest BCUT2D eigenvalue weighted by Crippen LogP contribution is -2.26. The maximum absolute atomic E-state index is 10.7. The normalized spacial score (nSPS) is 11.8. The molecule has 1 atom stereocenters. The zero-order chi connectivity index (χ0) is 26.4. The smallest absolute Gasteiger partial charge is 0.335 e. The maximum Gasteiger partial charge on any atom is 0.335 e. The predicted octanol–water partition coefficient (Wildman–Crippen LogP) is 9.36. The molecule has 0 saturated carbocycles. The van der Waals surface area contributed by atoms with Crippen molar-refractivity contribution in [1.29, 1.82) is 0 Å². The molecule has 194 valence electrons. The monoisotopic (exact) mass is 504 g/mol. The number of benzene rings is 3. The highest BCUT2D eigenvalue weighted by atomic mass is 28.3. The molecule has 0 saturated heterocycles. The van der Waals surface area contributed by atoms with Gasteiger partial charge < -0.3 is 9.84 Å². The average Bonchev–Trinajstić information content (AvgIpc) is 2.88. The molecule has 36 heavy (non-hydrogen) atoms. The summed E-state index contributed by atoms with van der Waals surface area (Å²) in [5.41, 5.74) is 5.15. The van der Waals surface area contributed by atoms with Crippen LogP contribution in [0.15, 0.2) is 78.9 Å². The van der Waals surface area contributed by atoms with Gasteiger partial charge in [0.1, 0.15) is 5.75 Å². The number of carboxylic acid groups (broad SMARTS) is 1. The van der Waals surface area contributed by atoms with E-state index in [-0.39, 0.29) is 0 Å². The number of aromatic carboxylic acids is 1. The standard InChI is InChI=1S/C17H20.C15H24O3Si/c1-2-3-5-8-15-11-13-17(14-12-15)16-9-6-4-7-10-16;1-12(19(2,3)4)6-5-11-18-14-9-7-13(8-10-14)15(16)17/h4,6-7,9-14H,2-3,5,8H2,1H3;7-10,12H,5-6,11H2,1-4H3,(H,16,17). The fraction of sp³-hybridized carbons (Fsp3) is 0.406. The molecular formula is C32H44O3Si. The van der Waals surface area contributed by atoms with E-state index in [0.717, 1.165) is 17.7 Å². The third kappa shape index (κ3) is 10.8. The highest BCUT2D eigenvalue weighted by Gasteiger charge is 2.21. The van der Waals surface area contributed by atoms with Gasteiger partial charge in [-0.15, -0.1) is 0 Å². The lowest BCUT2D eigenvalue weighted by molar-refractivity contribution is 0.0697. The van der Waals surface area contributed by atoms with Crippen LogP contribution in [0.25, 0.3) is 11.1 Å². The second kappa shape index (κ2) is 15.3. The summed E-state index contributed by atoms with van der Waals surface area (Å²) in [6.45, 7) is 12.4. The molecule has 4 heteroatoms. The van der Waals surface area contributed by atoms with E-state index in [0.29, 0.717) is 12.2 Å². The molecule has 0 bridgehead atoms. The molecule has 0 aliphatic rings. The van der Waals surface area contributed by atoms with Crippen molar-refractivity contribution < 1.29 is 14.6 Å². The molecular weight excluding hydrogens is 460 g/mol. The first-order chi connectivity index (χ1) is 17.2. The Kier molecular flexibility index (Phi) is 12.5. The van der Waals surface area contributed by atoms with Crippen molar-refractivity contribution in [2.24, 2.45) is 0 Å². The lowest BCUT2D eigenvalue weighted by atomic mass is 10.0. The second-order valence-electron chi connectivity index (χ2n) is 10.6. The van der Waals surface area contributed by atoms with E-state index in [1.165, 1.54) is 48.8 Å². The third-order valence-corrected chi connectivity index (χ3v) is 10.0. The van der Waals surface area contributed by atoms with E-state index in [1.807, 2.05) is 0 Å². The molecule has 0 heterocycles.